The van der Waals surface area contributed by atoms with Crippen molar-refractivity contribution in [2.24, 2.45) is 0 Å². The van der Waals surface area contributed by atoms with E-state index in [1.165, 1.54) is 4.90 Å². The van der Waals surface area contributed by atoms with Gasteiger partial charge in [-0.1, -0.05) is 0 Å². The van der Waals surface area contributed by atoms with Crippen LogP contribution in [-0.4, -0.2) is 55.9 Å². The van der Waals surface area contributed by atoms with E-state index in [2.05, 4.69) is 5.32 Å². The normalized spacial score (nSPS) is 9.73. The number of nitrogens with one attached hydrogen (secondary N) is 1. The lowest BCUT2D eigenvalue weighted by Gasteiger charge is -2.16. The van der Waals surface area contributed by atoms with E-state index in [1.54, 1.807) is 14.2 Å². The molecule has 0 aliphatic rings. The molecule has 0 saturated carbocycles. The quantitative estimate of drug-likeness (QED) is 0.596. The number of ether oxygens (including phenoxy) is 1. The number of rotatable bonds is 7. The summed E-state index contributed by atoms with van der Waals surface area (Å²) in [6, 6.07) is -0.257. The second kappa shape index (κ2) is 8.05. The third-order valence-corrected chi connectivity index (χ3v) is 1.81. The van der Waals surface area contributed by atoms with Crippen LogP contribution in [0.1, 0.15) is 12.8 Å². The molecule has 0 aliphatic carbocycles. The Balaban J connectivity index is 3.55. The Kier molecular flexibility index (Phi) is 7.35. The predicted octanol–water partition coefficient (Wildman–Crippen LogP) is 0.139. The SMILES string of the molecule is COCCCNC(=O)N(C)CCC(=O)O. The number of carbonyl (C=O) groups is 2. The van der Waals surface area contributed by atoms with Gasteiger partial charge in [0.15, 0.2) is 0 Å². The van der Waals surface area contributed by atoms with Crippen LogP contribution in [-0.2, 0) is 9.53 Å². The molecule has 2 amide bonds. The van der Waals surface area contributed by atoms with Crippen LogP contribution in [0.2, 0.25) is 0 Å². The smallest absolute Gasteiger partial charge is 0.317 e. The highest BCUT2D eigenvalue weighted by atomic mass is 16.5. The molecular weight excluding hydrogens is 200 g/mol. The van der Waals surface area contributed by atoms with Crippen LogP contribution in [0, 0.1) is 0 Å². The molecule has 6 nitrogen and oxygen atoms in total. The number of urea groups is 1. The van der Waals surface area contributed by atoms with E-state index in [4.69, 9.17) is 9.84 Å². The Hall–Kier alpha value is -1.30. The van der Waals surface area contributed by atoms with Crippen molar-refractivity contribution >= 4 is 12.0 Å². The average molecular weight is 218 g/mol. The monoisotopic (exact) mass is 218 g/mol. The van der Waals surface area contributed by atoms with Gasteiger partial charge in [0.25, 0.3) is 0 Å². The Labute approximate surface area is 89.2 Å². The predicted molar refractivity (Wildman–Crippen MR) is 54.8 cm³/mol. The van der Waals surface area contributed by atoms with Crippen LogP contribution in [0.5, 0.6) is 0 Å². The summed E-state index contributed by atoms with van der Waals surface area (Å²) in [5, 5.41) is 11.1. The molecule has 0 aromatic carbocycles. The topological polar surface area (TPSA) is 78.9 Å². The molecule has 6 heteroatoms. The number of carboxylic acids is 1. The zero-order valence-corrected chi connectivity index (χ0v) is 9.15. The first-order valence-electron chi connectivity index (χ1n) is 4.77. The van der Waals surface area contributed by atoms with Crippen LogP contribution in [0.4, 0.5) is 4.79 Å². The van der Waals surface area contributed by atoms with Crippen LogP contribution < -0.4 is 5.32 Å². The maximum absolute atomic E-state index is 11.3. The molecule has 0 fully saturated rings. The highest BCUT2D eigenvalue weighted by Crippen LogP contribution is 1.89. The zero-order chi connectivity index (χ0) is 11.7. The number of nitrogens with zero attached hydrogens (tertiary/aromatic N) is 1. The van der Waals surface area contributed by atoms with Crippen molar-refractivity contribution < 1.29 is 19.4 Å². The molecule has 0 bridgehead atoms. The summed E-state index contributed by atoms with van der Waals surface area (Å²) in [5.41, 5.74) is 0. The summed E-state index contributed by atoms with van der Waals surface area (Å²) in [6.07, 6.45) is 0.705. The molecule has 88 valence electrons. The summed E-state index contributed by atoms with van der Waals surface area (Å²) in [5.74, 6) is -0.908. The van der Waals surface area contributed by atoms with Gasteiger partial charge in [-0.3, -0.25) is 4.79 Å². The van der Waals surface area contributed by atoms with Gasteiger partial charge < -0.3 is 20.1 Å². The number of aliphatic carboxylic acids is 1. The molecular formula is C9H18N2O4. The van der Waals surface area contributed by atoms with Gasteiger partial charge in [-0.25, -0.2) is 4.79 Å². The van der Waals surface area contributed by atoms with Gasteiger partial charge in [-0.05, 0) is 6.42 Å². The van der Waals surface area contributed by atoms with E-state index in [0.29, 0.717) is 13.2 Å². The van der Waals surface area contributed by atoms with Crippen molar-refractivity contribution in [3.63, 3.8) is 0 Å². The molecule has 0 rings (SSSR count). The van der Waals surface area contributed by atoms with Gasteiger partial charge in [-0.2, -0.15) is 0 Å². The van der Waals surface area contributed by atoms with E-state index in [0.717, 1.165) is 6.42 Å². The molecule has 0 atom stereocenters. The zero-order valence-electron chi connectivity index (χ0n) is 9.15. The molecule has 15 heavy (non-hydrogen) atoms. The summed E-state index contributed by atoms with van der Waals surface area (Å²) >= 11 is 0. The first kappa shape index (κ1) is 13.7. The molecule has 0 heterocycles. The Morgan fingerprint density at radius 2 is 2.13 bits per heavy atom. The minimum atomic E-state index is -0.908. The highest BCUT2D eigenvalue weighted by molar-refractivity contribution is 5.74. The van der Waals surface area contributed by atoms with E-state index >= 15 is 0 Å². The van der Waals surface area contributed by atoms with Crippen LogP contribution >= 0.6 is 0 Å². The number of methoxy groups -OCH3 is 1. The van der Waals surface area contributed by atoms with Crippen molar-refractivity contribution in [3.05, 3.63) is 0 Å². The molecule has 0 radical (unpaired) electrons. The van der Waals surface area contributed by atoms with Gasteiger partial charge >= 0.3 is 12.0 Å². The first-order valence-corrected chi connectivity index (χ1v) is 4.77. The fourth-order valence-electron chi connectivity index (χ4n) is 0.912. The molecule has 0 spiro atoms. The van der Waals surface area contributed by atoms with Crippen molar-refractivity contribution in [1.82, 2.24) is 10.2 Å². The Bertz CT molecular complexity index is 208. The van der Waals surface area contributed by atoms with Gasteiger partial charge in [-0.15, -0.1) is 0 Å². The Morgan fingerprint density at radius 3 is 2.67 bits per heavy atom. The van der Waals surface area contributed by atoms with E-state index in [1.807, 2.05) is 0 Å². The maximum Gasteiger partial charge on any atom is 0.317 e. The summed E-state index contributed by atoms with van der Waals surface area (Å²) in [4.78, 5) is 22.9. The number of hydrogen-bond acceptors (Lipinski definition) is 3. The van der Waals surface area contributed by atoms with Gasteiger partial charge in [0, 0.05) is 33.9 Å². The summed E-state index contributed by atoms with van der Waals surface area (Å²) in [7, 11) is 3.16. The van der Waals surface area contributed by atoms with E-state index in [-0.39, 0.29) is 19.0 Å². The first-order chi connectivity index (χ1) is 7.07. The van der Waals surface area contributed by atoms with Gasteiger partial charge in [0.1, 0.15) is 0 Å². The largest absolute Gasteiger partial charge is 0.481 e. The average Bonchev–Trinajstić information content (AvgIpc) is 2.20. The number of carboxylic acid groups (broad SMARTS) is 1. The maximum atomic E-state index is 11.3. The minimum Gasteiger partial charge on any atom is -0.481 e. The molecule has 0 aliphatic heterocycles. The second-order valence-electron chi connectivity index (χ2n) is 3.14. The van der Waals surface area contributed by atoms with Crippen LogP contribution in [0.3, 0.4) is 0 Å². The molecule has 2 N–H and O–H groups in total. The minimum absolute atomic E-state index is 0.0397. The Morgan fingerprint density at radius 1 is 1.47 bits per heavy atom. The lowest BCUT2D eigenvalue weighted by atomic mass is 10.4. The van der Waals surface area contributed by atoms with E-state index in [9.17, 15) is 9.59 Å². The third kappa shape index (κ3) is 7.75. The number of amides is 2. The molecule has 0 aromatic heterocycles. The molecule has 0 saturated heterocycles. The lowest BCUT2D eigenvalue weighted by molar-refractivity contribution is -0.137. The van der Waals surface area contributed by atoms with Gasteiger partial charge in [0.05, 0.1) is 6.42 Å². The lowest BCUT2D eigenvalue weighted by Crippen LogP contribution is -2.38. The summed E-state index contributed by atoms with van der Waals surface area (Å²) in [6.45, 7) is 1.34. The number of hydrogen-bond donors (Lipinski definition) is 2. The fraction of sp³-hybridized carbons (Fsp3) is 0.778. The highest BCUT2D eigenvalue weighted by Gasteiger charge is 2.08. The third-order valence-electron chi connectivity index (χ3n) is 1.81. The summed E-state index contributed by atoms with van der Waals surface area (Å²) < 4.78 is 4.82. The van der Waals surface area contributed by atoms with Crippen LogP contribution in [0.25, 0.3) is 0 Å². The van der Waals surface area contributed by atoms with Crippen LogP contribution in [0.15, 0.2) is 0 Å². The van der Waals surface area contributed by atoms with Crippen molar-refractivity contribution in [2.75, 3.05) is 33.9 Å². The van der Waals surface area contributed by atoms with Crippen molar-refractivity contribution in [3.8, 4) is 0 Å². The van der Waals surface area contributed by atoms with Gasteiger partial charge in [0.2, 0.25) is 0 Å². The fourth-order valence-corrected chi connectivity index (χ4v) is 0.912. The van der Waals surface area contributed by atoms with E-state index < -0.39 is 5.97 Å². The second-order valence-corrected chi connectivity index (χ2v) is 3.14. The van der Waals surface area contributed by atoms with Crippen molar-refractivity contribution in [1.29, 1.82) is 0 Å². The number of carbonyl (C=O) groups excluding carboxylic acids is 1. The molecule has 0 aromatic rings. The van der Waals surface area contributed by atoms with Crippen molar-refractivity contribution in [2.45, 2.75) is 12.8 Å². The molecule has 0 unspecified atom stereocenters. The standard InChI is InChI=1S/C9H18N2O4/c1-11(6-4-8(12)13)9(14)10-5-3-7-15-2/h3-7H2,1-2H3,(H,10,14)(H,12,13).